The van der Waals surface area contributed by atoms with Gasteiger partial charge in [0, 0.05) is 30.7 Å². The number of hydrogen-bond donors (Lipinski definition) is 2. The van der Waals surface area contributed by atoms with Crippen molar-refractivity contribution in [3.8, 4) is 5.75 Å². The van der Waals surface area contributed by atoms with Crippen molar-refractivity contribution >= 4 is 17.3 Å². The van der Waals surface area contributed by atoms with Gasteiger partial charge in [-0.3, -0.25) is 9.89 Å². The summed E-state index contributed by atoms with van der Waals surface area (Å²) < 4.78 is 5.31. The lowest BCUT2D eigenvalue weighted by atomic mass is 9.85. The molecule has 152 valence electrons. The SMILES string of the molecule is CN=C(NCc1ncc(C)s1)NCC1CCCN(C)C1c1ccc(OC)cc1. The van der Waals surface area contributed by atoms with Gasteiger partial charge in [-0.15, -0.1) is 11.3 Å². The summed E-state index contributed by atoms with van der Waals surface area (Å²) in [6.07, 6.45) is 4.34. The summed E-state index contributed by atoms with van der Waals surface area (Å²) in [5.41, 5.74) is 1.34. The molecule has 0 saturated carbocycles. The first-order valence-corrected chi connectivity index (χ1v) is 10.6. The van der Waals surface area contributed by atoms with Crippen LogP contribution in [0.5, 0.6) is 5.75 Å². The molecule has 2 unspecified atom stereocenters. The molecular weight excluding hydrogens is 370 g/mol. The fraction of sp³-hybridized carbons (Fsp3) is 0.524. The molecule has 28 heavy (non-hydrogen) atoms. The highest BCUT2D eigenvalue weighted by atomic mass is 32.1. The Morgan fingerprint density at radius 1 is 1.32 bits per heavy atom. The molecule has 0 amide bonds. The van der Waals surface area contributed by atoms with E-state index in [1.54, 1.807) is 18.4 Å². The van der Waals surface area contributed by atoms with Gasteiger partial charge in [0.05, 0.1) is 13.7 Å². The number of nitrogens with one attached hydrogen (secondary N) is 2. The van der Waals surface area contributed by atoms with Crippen LogP contribution >= 0.6 is 11.3 Å². The number of likely N-dealkylation sites (tertiary alicyclic amines) is 1. The van der Waals surface area contributed by atoms with Crippen LogP contribution in [0.1, 0.15) is 34.3 Å². The second kappa shape index (κ2) is 9.89. The Kier molecular flexibility index (Phi) is 7.28. The van der Waals surface area contributed by atoms with Crippen LogP contribution in [0.4, 0.5) is 0 Å². The third-order valence-electron chi connectivity index (χ3n) is 5.30. The molecule has 3 rings (SSSR count). The van der Waals surface area contributed by atoms with Crippen LogP contribution in [0.15, 0.2) is 35.5 Å². The van der Waals surface area contributed by atoms with E-state index in [2.05, 4.69) is 63.7 Å². The quantitative estimate of drug-likeness (QED) is 0.575. The number of thiazole rings is 1. The van der Waals surface area contributed by atoms with Crippen LogP contribution < -0.4 is 15.4 Å². The second-order valence-electron chi connectivity index (χ2n) is 7.27. The van der Waals surface area contributed by atoms with Crippen LogP contribution in [0.3, 0.4) is 0 Å². The van der Waals surface area contributed by atoms with Crippen molar-refractivity contribution in [3.05, 3.63) is 45.9 Å². The lowest BCUT2D eigenvalue weighted by molar-refractivity contribution is 0.122. The molecule has 0 spiro atoms. The zero-order chi connectivity index (χ0) is 19.9. The van der Waals surface area contributed by atoms with Crippen LogP contribution in [0.2, 0.25) is 0 Å². The van der Waals surface area contributed by atoms with Crippen molar-refractivity contribution in [2.24, 2.45) is 10.9 Å². The standard InChI is InChI=1S/C21H31N5OS/c1-15-12-23-19(28-15)14-25-21(22-2)24-13-17-6-5-11-26(3)20(17)16-7-9-18(27-4)10-8-16/h7-10,12,17,20H,5-6,11,13-14H2,1-4H3,(H2,22,24,25). The average molecular weight is 402 g/mol. The van der Waals surface area contributed by atoms with Gasteiger partial charge in [0.2, 0.25) is 0 Å². The number of hydrogen-bond acceptors (Lipinski definition) is 5. The van der Waals surface area contributed by atoms with Crippen LogP contribution in [0, 0.1) is 12.8 Å². The van der Waals surface area contributed by atoms with Gasteiger partial charge in [0.1, 0.15) is 10.8 Å². The summed E-state index contributed by atoms with van der Waals surface area (Å²) in [6, 6.07) is 8.89. The van der Waals surface area contributed by atoms with Gasteiger partial charge in [-0.2, -0.15) is 0 Å². The monoisotopic (exact) mass is 401 g/mol. The first kappa shape index (κ1) is 20.6. The third kappa shape index (κ3) is 5.23. The Bertz CT molecular complexity index is 773. The minimum absolute atomic E-state index is 0.395. The summed E-state index contributed by atoms with van der Waals surface area (Å²) >= 11 is 1.71. The molecule has 0 radical (unpaired) electrons. The van der Waals surface area contributed by atoms with E-state index < -0.39 is 0 Å². The minimum atomic E-state index is 0.395. The molecule has 6 nitrogen and oxygen atoms in total. The highest BCUT2D eigenvalue weighted by Gasteiger charge is 2.30. The van der Waals surface area contributed by atoms with Crippen LogP contribution in [0.25, 0.3) is 0 Å². The van der Waals surface area contributed by atoms with E-state index in [0.717, 1.165) is 29.8 Å². The molecule has 7 heteroatoms. The fourth-order valence-electron chi connectivity index (χ4n) is 3.89. The van der Waals surface area contributed by atoms with Crippen LogP contribution in [-0.4, -0.2) is 50.1 Å². The highest BCUT2D eigenvalue weighted by Crippen LogP contribution is 2.35. The molecule has 2 atom stereocenters. The van der Waals surface area contributed by atoms with Gasteiger partial charge in [-0.1, -0.05) is 12.1 Å². The Labute approximate surface area is 172 Å². The molecule has 1 fully saturated rings. The van der Waals surface area contributed by atoms with E-state index in [1.807, 2.05) is 13.2 Å². The van der Waals surface area contributed by atoms with Gasteiger partial charge in [0.25, 0.3) is 0 Å². The van der Waals surface area contributed by atoms with Gasteiger partial charge in [0.15, 0.2) is 5.96 Å². The molecule has 0 bridgehead atoms. The van der Waals surface area contributed by atoms with Gasteiger partial charge in [-0.25, -0.2) is 4.98 Å². The summed E-state index contributed by atoms with van der Waals surface area (Å²) in [4.78, 5) is 12.5. The van der Waals surface area contributed by atoms with Crippen molar-refractivity contribution in [2.45, 2.75) is 32.4 Å². The topological polar surface area (TPSA) is 61.8 Å². The molecular formula is C21H31N5OS. The normalized spacial score (nSPS) is 20.8. The van der Waals surface area contributed by atoms with E-state index in [1.165, 1.54) is 23.3 Å². The first-order valence-electron chi connectivity index (χ1n) is 9.80. The van der Waals surface area contributed by atoms with E-state index in [-0.39, 0.29) is 0 Å². The lowest BCUT2D eigenvalue weighted by Crippen LogP contribution is -2.44. The first-order chi connectivity index (χ1) is 13.6. The molecule has 2 heterocycles. The maximum absolute atomic E-state index is 5.31. The predicted octanol–water partition coefficient (Wildman–Crippen LogP) is 3.21. The predicted molar refractivity (Wildman–Crippen MR) is 116 cm³/mol. The number of aromatic nitrogens is 1. The largest absolute Gasteiger partial charge is 0.497 e. The number of ether oxygens (including phenoxy) is 1. The number of rotatable bonds is 6. The second-order valence-corrected chi connectivity index (χ2v) is 8.59. The molecule has 2 aromatic rings. The van der Waals surface area contributed by atoms with Crippen molar-refractivity contribution in [2.75, 3.05) is 34.3 Å². The van der Waals surface area contributed by atoms with Crippen molar-refractivity contribution < 1.29 is 4.74 Å². The number of aliphatic imine (C=N–C) groups is 1. The maximum atomic E-state index is 5.31. The smallest absolute Gasteiger partial charge is 0.191 e. The number of guanidine groups is 1. The van der Waals surface area contributed by atoms with Crippen molar-refractivity contribution in [3.63, 3.8) is 0 Å². The molecule has 1 saturated heterocycles. The summed E-state index contributed by atoms with van der Waals surface area (Å²) in [5.74, 6) is 2.25. The maximum Gasteiger partial charge on any atom is 0.191 e. The minimum Gasteiger partial charge on any atom is -0.497 e. The zero-order valence-corrected chi connectivity index (χ0v) is 18.1. The molecule has 1 aromatic heterocycles. The van der Waals surface area contributed by atoms with E-state index in [0.29, 0.717) is 18.5 Å². The third-order valence-corrected chi connectivity index (χ3v) is 6.21. The zero-order valence-electron chi connectivity index (χ0n) is 17.2. The fourth-order valence-corrected chi connectivity index (χ4v) is 4.62. The Morgan fingerprint density at radius 3 is 2.75 bits per heavy atom. The Balaban J connectivity index is 1.61. The van der Waals surface area contributed by atoms with Gasteiger partial charge in [-0.05, 0) is 57.0 Å². The summed E-state index contributed by atoms with van der Waals surface area (Å²) in [6.45, 7) is 4.79. The molecule has 0 aliphatic carbocycles. The highest BCUT2D eigenvalue weighted by molar-refractivity contribution is 7.11. The Hall–Kier alpha value is -2.12. The molecule has 1 aliphatic heterocycles. The average Bonchev–Trinajstić information content (AvgIpc) is 3.13. The van der Waals surface area contributed by atoms with E-state index >= 15 is 0 Å². The number of benzene rings is 1. The van der Waals surface area contributed by atoms with E-state index in [4.69, 9.17) is 4.74 Å². The lowest BCUT2D eigenvalue weighted by Gasteiger charge is -2.40. The van der Waals surface area contributed by atoms with Crippen molar-refractivity contribution in [1.29, 1.82) is 0 Å². The number of aryl methyl sites for hydroxylation is 1. The number of piperidine rings is 1. The molecule has 1 aromatic carbocycles. The number of methoxy groups -OCH3 is 1. The van der Waals surface area contributed by atoms with Gasteiger partial charge < -0.3 is 15.4 Å². The van der Waals surface area contributed by atoms with Gasteiger partial charge >= 0.3 is 0 Å². The van der Waals surface area contributed by atoms with E-state index in [9.17, 15) is 0 Å². The summed E-state index contributed by atoms with van der Waals surface area (Å²) in [7, 11) is 5.75. The summed E-state index contributed by atoms with van der Waals surface area (Å²) in [5, 5.41) is 7.98. The molecule has 1 aliphatic rings. The van der Waals surface area contributed by atoms with Crippen molar-refractivity contribution in [1.82, 2.24) is 20.5 Å². The Morgan fingerprint density at radius 2 is 2.11 bits per heavy atom. The number of nitrogens with zero attached hydrogens (tertiary/aromatic N) is 3. The van der Waals surface area contributed by atoms with Crippen LogP contribution in [-0.2, 0) is 6.54 Å². The molecule has 2 N–H and O–H groups in total.